The monoisotopic (exact) mass is 405 g/mol. The molecule has 0 aliphatic heterocycles. The summed E-state index contributed by atoms with van der Waals surface area (Å²) < 4.78 is 10.9. The summed E-state index contributed by atoms with van der Waals surface area (Å²) >= 11 is 0. The van der Waals surface area contributed by atoms with Crippen LogP contribution < -0.4 is 5.32 Å². The molecule has 0 heterocycles. The molecule has 29 heavy (non-hydrogen) atoms. The Labute approximate surface area is 176 Å². The number of nitrogens with one attached hydrogen (secondary N) is 1. The molecule has 5 heteroatoms. The zero-order valence-electron chi connectivity index (χ0n) is 19.5. The van der Waals surface area contributed by atoms with Crippen LogP contribution in [-0.2, 0) is 27.2 Å². The molecule has 1 aromatic carbocycles. The number of ether oxygens (including phenoxy) is 2. The van der Waals surface area contributed by atoms with E-state index in [1.165, 1.54) is 0 Å². The second kappa shape index (κ2) is 10.7. The van der Waals surface area contributed by atoms with Gasteiger partial charge >= 0.3 is 12.1 Å². The fourth-order valence-electron chi connectivity index (χ4n) is 3.08. The minimum Gasteiger partial charge on any atom is -0.460 e. The van der Waals surface area contributed by atoms with Crippen molar-refractivity contribution in [3.63, 3.8) is 0 Å². The van der Waals surface area contributed by atoms with Crippen LogP contribution in [0, 0.1) is 12.8 Å². The van der Waals surface area contributed by atoms with Crippen LogP contribution in [0.2, 0.25) is 0 Å². The summed E-state index contributed by atoms with van der Waals surface area (Å²) in [6.07, 6.45) is 3.04. The van der Waals surface area contributed by atoms with E-state index < -0.39 is 17.3 Å². The van der Waals surface area contributed by atoms with Crippen LogP contribution in [0.15, 0.2) is 18.2 Å². The van der Waals surface area contributed by atoms with E-state index >= 15 is 0 Å². The number of amides is 1. The van der Waals surface area contributed by atoms with Crippen molar-refractivity contribution < 1.29 is 19.1 Å². The second-order valence-electron chi connectivity index (χ2n) is 9.76. The molecule has 0 radical (unpaired) electrons. The first-order valence-corrected chi connectivity index (χ1v) is 10.6. The highest BCUT2D eigenvalue weighted by Crippen LogP contribution is 2.22. The molecule has 164 valence electrons. The molecule has 0 spiro atoms. The van der Waals surface area contributed by atoms with Gasteiger partial charge in [0.1, 0.15) is 11.2 Å². The van der Waals surface area contributed by atoms with Crippen molar-refractivity contribution in [2.24, 2.45) is 5.92 Å². The fourth-order valence-corrected chi connectivity index (χ4v) is 3.08. The Kier molecular flexibility index (Phi) is 9.18. The molecule has 0 bridgehead atoms. The highest BCUT2D eigenvalue weighted by molar-refractivity contribution is 5.73. The highest BCUT2D eigenvalue weighted by atomic mass is 16.6. The zero-order valence-corrected chi connectivity index (χ0v) is 19.5. The number of alkyl carbamates (subject to hydrolysis) is 1. The Bertz CT molecular complexity index is 683. The standard InChI is InChI=1S/C24H39NO4/c1-9-10-11-20(21(26)28-23(3,4)5)15-18-12-17(2)13-19(14-18)16-25-22(27)29-24(6,7)8/h12-14,20H,9-11,15-16H2,1-8H3,(H,25,27). The molecule has 0 fully saturated rings. The minimum absolute atomic E-state index is 0.138. The van der Waals surface area contributed by atoms with Gasteiger partial charge in [-0.1, -0.05) is 43.5 Å². The van der Waals surface area contributed by atoms with Gasteiger partial charge in [-0.3, -0.25) is 4.79 Å². The molecule has 1 N–H and O–H groups in total. The lowest BCUT2D eigenvalue weighted by molar-refractivity contribution is -0.160. The maximum absolute atomic E-state index is 12.7. The van der Waals surface area contributed by atoms with Crippen LogP contribution in [0.1, 0.15) is 84.4 Å². The second-order valence-corrected chi connectivity index (χ2v) is 9.76. The molecule has 1 amide bonds. The number of carbonyl (C=O) groups excluding carboxylic acids is 2. The van der Waals surface area contributed by atoms with Gasteiger partial charge in [0.15, 0.2) is 0 Å². The van der Waals surface area contributed by atoms with Crippen molar-refractivity contribution in [2.45, 2.75) is 98.8 Å². The van der Waals surface area contributed by atoms with Gasteiger partial charge in [-0.25, -0.2) is 4.79 Å². The summed E-state index contributed by atoms with van der Waals surface area (Å²) in [5, 5.41) is 2.80. The maximum Gasteiger partial charge on any atom is 0.407 e. The molecule has 0 saturated heterocycles. The average molecular weight is 406 g/mol. The van der Waals surface area contributed by atoms with Gasteiger partial charge in [-0.2, -0.15) is 0 Å². The molecule has 1 aromatic rings. The zero-order chi connectivity index (χ0) is 22.2. The first-order chi connectivity index (χ1) is 13.3. The van der Waals surface area contributed by atoms with Crippen molar-refractivity contribution in [1.82, 2.24) is 5.32 Å². The van der Waals surface area contributed by atoms with Crippen molar-refractivity contribution in [3.05, 3.63) is 34.9 Å². The van der Waals surface area contributed by atoms with Gasteiger partial charge in [0.2, 0.25) is 0 Å². The van der Waals surface area contributed by atoms with Gasteiger partial charge in [-0.05, 0) is 72.4 Å². The molecular weight excluding hydrogens is 366 g/mol. The average Bonchev–Trinajstić information content (AvgIpc) is 2.53. The number of aryl methyl sites for hydroxylation is 1. The Balaban J connectivity index is 2.87. The third-order valence-electron chi connectivity index (χ3n) is 4.16. The number of esters is 1. The smallest absolute Gasteiger partial charge is 0.407 e. The quantitative estimate of drug-likeness (QED) is 0.563. The lowest BCUT2D eigenvalue weighted by Gasteiger charge is -2.24. The number of hydrogen-bond acceptors (Lipinski definition) is 4. The highest BCUT2D eigenvalue weighted by Gasteiger charge is 2.25. The minimum atomic E-state index is -0.526. The molecule has 1 atom stereocenters. The van der Waals surface area contributed by atoms with Crippen molar-refractivity contribution >= 4 is 12.1 Å². The van der Waals surface area contributed by atoms with Crippen molar-refractivity contribution in [2.75, 3.05) is 0 Å². The van der Waals surface area contributed by atoms with E-state index in [-0.39, 0.29) is 11.9 Å². The number of unbranched alkanes of at least 4 members (excludes halogenated alkanes) is 1. The molecule has 1 rings (SSSR count). The molecule has 1 unspecified atom stereocenters. The van der Waals surface area contributed by atoms with Crippen molar-refractivity contribution in [1.29, 1.82) is 0 Å². The number of rotatable bonds is 8. The van der Waals surface area contributed by atoms with Crippen molar-refractivity contribution in [3.8, 4) is 0 Å². The number of hydrogen-bond donors (Lipinski definition) is 1. The largest absolute Gasteiger partial charge is 0.460 e. The van der Waals surface area contributed by atoms with Crippen LogP contribution in [0.4, 0.5) is 4.79 Å². The predicted molar refractivity (Wildman–Crippen MR) is 117 cm³/mol. The van der Waals surface area contributed by atoms with E-state index in [4.69, 9.17) is 9.47 Å². The van der Waals surface area contributed by atoms with Crippen LogP contribution in [0.5, 0.6) is 0 Å². The molecular formula is C24H39NO4. The number of carbonyl (C=O) groups is 2. The molecule has 0 aromatic heterocycles. The summed E-state index contributed by atoms with van der Waals surface area (Å²) in [6, 6.07) is 6.18. The first kappa shape index (κ1) is 25.0. The summed E-state index contributed by atoms with van der Waals surface area (Å²) in [7, 11) is 0. The van der Waals surface area contributed by atoms with E-state index in [0.29, 0.717) is 13.0 Å². The summed E-state index contributed by atoms with van der Waals surface area (Å²) in [5.41, 5.74) is 2.16. The van der Waals surface area contributed by atoms with Crippen LogP contribution in [-0.4, -0.2) is 23.3 Å². The van der Waals surface area contributed by atoms with Gasteiger partial charge in [0, 0.05) is 6.54 Å². The maximum atomic E-state index is 12.7. The Morgan fingerprint density at radius 3 is 2.10 bits per heavy atom. The summed E-state index contributed by atoms with van der Waals surface area (Å²) in [4.78, 5) is 24.6. The topological polar surface area (TPSA) is 64.6 Å². The lowest BCUT2D eigenvalue weighted by atomic mass is 9.92. The molecule has 0 aliphatic carbocycles. The van der Waals surface area contributed by atoms with Gasteiger partial charge in [0.05, 0.1) is 5.92 Å². The van der Waals surface area contributed by atoms with Gasteiger partial charge in [-0.15, -0.1) is 0 Å². The molecule has 5 nitrogen and oxygen atoms in total. The Morgan fingerprint density at radius 2 is 1.55 bits per heavy atom. The third kappa shape index (κ3) is 10.9. The molecule has 0 aliphatic rings. The van der Waals surface area contributed by atoms with E-state index in [0.717, 1.165) is 36.0 Å². The van der Waals surface area contributed by atoms with Crippen LogP contribution >= 0.6 is 0 Å². The summed E-state index contributed by atoms with van der Waals surface area (Å²) in [6.45, 7) is 15.7. The van der Waals surface area contributed by atoms with Crippen LogP contribution in [0.3, 0.4) is 0 Å². The normalized spacial score (nSPS) is 13.0. The van der Waals surface area contributed by atoms with E-state index in [1.807, 2.05) is 60.6 Å². The van der Waals surface area contributed by atoms with E-state index in [1.54, 1.807) is 0 Å². The number of benzene rings is 1. The lowest BCUT2D eigenvalue weighted by Crippen LogP contribution is -2.32. The SMILES string of the molecule is CCCCC(Cc1cc(C)cc(CNC(=O)OC(C)(C)C)c1)C(=O)OC(C)(C)C. The van der Waals surface area contributed by atoms with E-state index in [2.05, 4.69) is 18.3 Å². The molecule has 0 saturated carbocycles. The van der Waals surface area contributed by atoms with Gasteiger partial charge in [0.25, 0.3) is 0 Å². The van der Waals surface area contributed by atoms with Crippen LogP contribution in [0.25, 0.3) is 0 Å². The fraction of sp³-hybridized carbons (Fsp3) is 0.667. The Morgan fingerprint density at radius 1 is 0.966 bits per heavy atom. The van der Waals surface area contributed by atoms with Gasteiger partial charge < -0.3 is 14.8 Å². The summed E-state index contributed by atoms with van der Waals surface area (Å²) in [5.74, 6) is -0.302. The van der Waals surface area contributed by atoms with E-state index in [9.17, 15) is 9.59 Å². The third-order valence-corrected chi connectivity index (χ3v) is 4.16. The first-order valence-electron chi connectivity index (χ1n) is 10.6. The Hall–Kier alpha value is -2.04. The predicted octanol–water partition coefficient (Wildman–Crippen LogP) is 5.71.